The van der Waals surface area contributed by atoms with E-state index in [1.807, 2.05) is 12.1 Å². The molecular formula is C14H13N3O4. The van der Waals surface area contributed by atoms with Gasteiger partial charge in [0.15, 0.2) is 6.33 Å². The molecule has 0 fully saturated rings. The fourth-order valence-electron chi connectivity index (χ4n) is 2.04. The Labute approximate surface area is 119 Å². The molecule has 2 heterocycles. The van der Waals surface area contributed by atoms with Crippen molar-refractivity contribution in [1.29, 1.82) is 0 Å². The van der Waals surface area contributed by atoms with Gasteiger partial charge in [-0.05, 0) is 23.8 Å². The van der Waals surface area contributed by atoms with Gasteiger partial charge in [-0.15, -0.1) is 0 Å². The molecule has 0 atom stereocenters. The summed E-state index contributed by atoms with van der Waals surface area (Å²) in [7, 11) is 0. The number of aromatic carboxylic acids is 1. The Kier molecular flexibility index (Phi) is 3.65. The minimum Gasteiger partial charge on any atom is -0.475 e. The van der Waals surface area contributed by atoms with Crippen LogP contribution in [0.5, 0.6) is 0 Å². The molecule has 3 aromatic rings. The lowest BCUT2D eigenvalue weighted by atomic mass is 10.1. The number of nitrogens with one attached hydrogen (secondary N) is 1. The van der Waals surface area contributed by atoms with Gasteiger partial charge in [0.05, 0.1) is 0 Å². The Morgan fingerprint density at radius 2 is 2.24 bits per heavy atom. The van der Waals surface area contributed by atoms with Crippen molar-refractivity contribution in [3.05, 3.63) is 47.8 Å². The highest BCUT2D eigenvalue weighted by atomic mass is 16.5. The van der Waals surface area contributed by atoms with Crippen LogP contribution in [0.15, 0.2) is 39.5 Å². The molecule has 0 aliphatic carbocycles. The predicted molar refractivity (Wildman–Crippen MR) is 72.9 cm³/mol. The molecule has 0 saturated heterocycles. The van der Waals surface area contributed by atoms with Crippen LogP contribution in [0.2, 0.25) is 0 Å². The zero-order valence-electron chi connectivity index (χ0n) is 11.1. The highest BCUT2D eigenvalue weighted by molar-refractivity contribution is 5.91. The third-order valence-corrected chi connectivity index (χ3v) is 3.04. The Bertz CT molecular complexity index is 749. The van der Waals surface area contributed by atoms with E-state index < -0.39 is 5.97 Å². The quantitative estimate of drug-likeness (QED) is 0.667. The van der Waals surface area contributed by atoms with Crippen molar-refractivity contribution in [3.8, 4) is 0 Å². The lowest BCUT2D eigenvalue weighted by Crippen LogP contribution is -2.16. The topological polar surface area (TPSA) is 101 Å². The summed E-state index contributed by atoms with van der Waals surface area (Å²) in [5.41, 5.74) is 1.62. The molecule has 0 saturated carbocycles. The van der Waals surface area contributed by atoms with Crippen LogP contribution in [-0.4, -0.2) is 27.8 Å². The summed E-state index contributed by atoms with van der Waals surface area (Å²) < 4.78 is 10.1. The van der Waals surface area contributed by atoms with Gasteiger partial charge in [-0.1, -0.05) is 11.2 Å². The highest BCUT2D eigenvalue weighted by Gasteiger charge is 2.10. The van der Waals surface area contributed by atoms with Crippen molar-refractivity contribution in [2.24, 2.45) is 0 Å². The minimum absolute atomic E-state index is 0.0495. The predicted octanol–water partition coefficient (Wildman–Crippen LogP) is 1.85. The number of carboxylic acid groups (broad SMARTS) is 1. The summed E-state index contributed by atoms with van der Waals surface area (Å²) in [6, 6.07) is 7.11. The van der Waals surface area contributed by atoms with Gasteiger partial charge in [-0.25, -0.2) is 4.79 Å². The van der Waals surface area contributed by atoms with Crippen LogP contribution in [0.1, 0.15) is 22.0 Å². The molecule has 1 aromatic carbocycles. The highest BCUT2D eigenvalue weighted by Crippen LogP contribution is 2.20. The van der Waals surface area contributed by atoms with Crippen LogP contribution in [0.3, 0.4) is 0 Å². The van der Waals surface area contributed by atoms with Crippen molar-refractivity contribution in [3.63, 3.8) is 0 Å². The van der Waals surface area contributed by atoms with Crippen LogP contribution in [-0.2, 0) is 13.0 Å². The number of nitrogens with zero attached hydrogens (tertiary/aromatic N) is 2. The van der Waals surface area contributed by atoms with Crippen LogP contribution in [0.25, 0.3) is 11.0 Å². The number of carbonyl (C=O) groups is 1. The summed E-state index contributed by atoms with van der Waals surface area (Å²) >= 11 is 0. The second kappa shape index (κ2) is 5.76. The maximum atomic E-state index is 10.9. The monoisotopic (exact) mass is 287 g/mol. The first-order valence-corrected chi connectivity index (χ1v) is 6.44. The standard InChI is InChI=1S/C14H13N3O4/c18-14(19)12-6-10-5-9(1-2-11(10)20-12)7-15-4-3-13-16-8-17-21-13/h1-2,5-6,8,15H,3-4,7H2,(H,18,19). The molecule has 0 bridgehead atoms. The number of rotatable bonds is 6. The summed E-state index contributed by atoms with van der Waals surface area (Å²) in [5.74, 6) is -0.518. The Balaban J connectivity index is 1.60. The van der Waals surface area contributed by atoms with E-state index >= 15 is 0 Å². The number of hydrogen-bond acceptors (Lipinski definition) is 6. The van der Waals surface area contributed by atoms with Crippen molar-refractivity contribution in [2.75, 3.05) is 6.54 Å². The number of carboxylic acids is 1. The maximum absolute atomic E-state index is 10.9. The van der Waals surface area contributed by atoms with E-state index in [0.29, 0.717) is 31.0 Å². The van der Waals surface area contributed by atoms with E-state index in [9.17, 15) is 4.79 Å². The molecule has 2 N–H and O–H groups in total. The fraction of sp³-hybridized carbons (Fsp3) is 0.214. The third-order valence-electron chi connectivity index (χ3n) is 3.04. The van der Waals surface area contributed by atoms with Crippen LogP contribution in [0.4, 0.5) is 0 Å². The molecule has 108 valence electrons. The van der Waals surface area contributed by atoms with Crippen molar-refractivity contribution >= 4 is 16.9 Å². The molecule has 21 heavy (non-hydrogen) atoms. The molecule has 0 aliphatic heterocycles. The molecule has 7 nitrogen and oxygen atoms in total. The Hall–Kier alpha value is -2.67. The number of furan rings is 1. The maximum Gasteiger partial charge on any atom is 0.371 e. The van der Waals surface area contributed by atoms with E-state index in [-0.39, 0.29) is 5.76 Å². The van der Waals surface area contributed by atoms with Gasteiger partial charge in [0.1, 0.15) is 5.58 Å². The first-order chi connectivity index (χ1) is 10.2. The van der Waals surface area contributed by atoms with Gasteiger partial charge < -0.3 is 19.4 Å². The molecule has 7 heteroatoms. The summed E-state index contributed by atoms with van der Waals surface area (Å²) in [4.78, 5) is 14.8. The number of aromatic nitrogens is 2. The molecule has 3 rings (SSSR count). The molecule has 0 unspecified atom stereocenters. The minimum atomic E-state index is -1.06. The third kappa shape index (κ3) is 3.09. The van der Waals surface area contributed by atoms with Crippen LogP contribution < -0.4 is 5.32 Å². The number of hydrogen-bond donors (Lipinski definition) is 2. The lowest BCUT2D eigenvalue weighted by molar-refractivity contribution is 0.0665. The van der Waals surface area contributed by atoms with Gasteiger partial charge in [0.2, 0.25) is 11.7 Å². The lowest BCUT2D eigenvalue weighted by Gasteiger charge is -2.03. The van der Waals surface area contributed by atoms with E-state index in [0.717, 1.165) is 10.9 Å². The van der Waals surface area contributed by atoms with Crippen molar-refractivity contribution in [2.45, 2.75) is 13.0 Å². The molecule has 0 amide bonds. The number of fused-ring (bicyclic) bond motifs is 1. The van der Waals surface area contributed by atoms with Crippen LogP contribution in [0, 0.1) is 0 Å². The van der Waals surface area contributed by atoms with E-state index in [1.54, 1.807) is 6.07 Å². The Morgan fingerprint density at radius 1 is 1.33 bits per heavy atom. The number of benzene rings is 1. The van der Waals surface area contributed by atoms with Crippen molar-refractivity contribution in [1.82, 2.24) is 15.5 Å². The molecule has 0 aliphatic rings. The summed E-state index contributed by atoms with van der Waals surface area (Å²) in [6.45, 7) is 1.38. The van der Waals surface area contributed by atoms with Gasteiger partial charge in [0.25, 0.3) is 0 Å². The van der Waals surface area contributed by atoms with Crippen molar-refractivity contribution < 1.29 is 18.8 Å². The van der Waals surface area contributed by atoms with Crippen LogP contribution >= 0.6 is 0 Å². The van der Waals surface area contributed by atoms with E-state index in [1.165, 1.54) is 12.4 Å². The first kappa shape index (κ1) is 13.3. The average Bonchev–Trinajstić information content (AvgIpc) is 3.12. The van der Waals surface area contributed by atoms with Gasteiger partial charge in [-0.2, -0.15) is 4.98 Å². The Morgan fingerprint density at radius 3 is 3.00 bits per heavy atom. The zero-order valence-corrected chi connectivity index (χ0v) is 11.1. The fourth-order valence-corrected chi connectivity index (χ4v) is 2.04. The van der Waals surface area contributed by atoms with Gasteiger partial charge >= 0.3 is 5.97 Å². The summed E-state index contributed by atoms with van der Waals surface area (Å²) in [6.07, 6.45) is 2.04. The largest absolute Gasteiger partial charge is 0.475 e. The average molecular weight is 287 g/mol. The molecular weight excluding hydrogens is 274 g/mol. The van der Waals surface area contributed by atoms with E-state index in [2.05, 4.69) is 15.5 Å². The zero-order chi connectivity index (χ0) is 14.7. The van der Waals surface area contributed by atoms with E-state index in [4.69, 9.17) is 14.0 Å². The molecule has 0 radical (unpaired) electrons. The summed E-state index contributed by atoms with van der Waals surface area (Å²) in [5, 5.41) is 16.5. The van der Waals surface area contributed by atoms with Gasteiger partial charge in [-0.3, -0.25) is 0 Å². The normalized spacial score (nSPS) is 11.0. The smallest absolute Gasteiger partial charge is 0.371 e. The first-order valence-electron chi connectivity index (χ1n) is 6.44. The SMILES string of the molecule is O=C(O)c1cc2cc(CNCCc3ncno3)ccc2o1. The molecule has 0 spiro atoms. The second-order valence-electron chi connectivity index (χ2n) is 4.55. The second-order valence-corrected chi connectivity index (χ2v) is 4.55. The van der Waals surface area contributed by atoms with Gasteiger partial charge in [0, 0.05) is 24.9 Å². The molecule has 2 aromatic heterocycles.